The molecule has 3 saturated heterocycles. The van der Waals surface area contributed by atoms with Gasteiger partial charge in [0.15, 0.2) is 18.9 Å². The summed E-state index contributed by atoms with van der Waals surface area (Å²) in [6, 6.07) is -0.874. The van der Waals surface area contributed by atoms with Crippen LogP contribution < -0.4 is 5.32 Å². The van der Waals surface area contributed by atoms with Crippen LogP contribution >= 0.6 is 0 Å². The van der Waals surface area contributed by atoms with Crippen molar-refractivity contribution in [3.8, 4) is 0 Å². The molecule has 17 unspecified atom stereocenters. The fourth-order valence-electron chi connectivity index (χ4n) is 7.88. The molecule has 0 saturated carbocycles. The Bertz CT molecular complexity index is 1140. The van der Waals surface area contributed by atoms with Crippen LogP contribution in [0.25, 0.3) is 0 Å². The van der Waals surface area contributed by atoms with Crippen LogP contribution in [-0.2, 0) is 33.2 Å². The van der Waals surface area contributed by atoms with Gasteiger partial charge in [-0.15, -0.1) is 0 Å². The molecule has 19 nitrogen and oxygen atoms in total. The van der Waals surface area contributed by atoms with Crippen molar-refractivity contribution >= 4 is 5.91 Å². The van der Waals surface area contributed by atoms with Gasteiger partial charge in [-0.3, -0.25) is 4.79 Å². The molecule has 0 radical (unpaired) electrons. The van der Waals surface area contributed by atoms with E-state index >= 15 is 0 Å². The van der Waals surface area contributed by atoms with E-state index in [0.29, 0.717) is 12.8 Å². The summed E-state index contributed by atoms with van der Waals surface area (Å²) in [4.78, 5) is 12.6. The second-order valence-electron chi connectivity index (χ2n) is 16.5. The average molecular weight is 872 g/mol. The van der Waals surface area contributed by atoms with Gasteiger partial charge in [-0.1, -0.05) is 104 Å². The molecule has 0 aliphatic carbocycles. The Hall–Kier alpha value is -1.21. The predicted molar refractivity (Wildman–Crippen MR) is 213 cm³/mol. The normalized spacial score (nSPS) is 35.9. The number of aliphatic hydroxyl groups excluding tert-OH is 11. The maximum atomic E-state index is 12.6. The first-order chi connectivity index (χ1) is 28.8. The van der Waals surface area contributed by atoms with Gasteiger partial charge in [-0.05, 0) is 12.8 Å². The molecule has 3 heterocycles. The van der Waals surface area contributed by atoms with Crippen LogP contribution in [0.3, 0.4) is 0 Å². The van der Waals surface area contributed by atoms with Gasteiger partial charge in [-0.2, -0.15) is 0 Å². The molecule has 0 aromatic heterocycles. The number of hydrogen-bond donors (Lipinski definition) is 12. The summed E-state index contributed by atoms with van der Waals surface area (Å²) >= 11 is 0. The van der Waals surface area contributed by atoms with E-state index in [1.165, 1.54) is 64.2 Å². The highest BCUT2D eigenvalue weighted by molar-refractivity contribution is 5.76. The molecule has 3 rings (SSSR count). The Morgan fingerprint density at radius 3 is 1.42 bits per heavy atom. The van der Waals surface area contributed by atoms with Crippen molar-refractivity contribution in [2.45, 2.75) is 227 Å². The number of carbonyl (C=O) groups is 1. The van der Waals surface area contributed by atoms with Crippen LogP contribution in [0.2, 0.25) is 0 Å². The monoisotopic (exact) mass is 872 g/mol. The van der Waals surface area contributed by atoms with Crippen molar-refractivity contribution in [1.29, 1.82) is 0 Å². The van der Waals surface area contributed by atoms with Gasteiger partial charge in [0.1, 0.15) is 73.2 Å². The third-order valence-electron chi connectivity index (χ3n) is 11.7. The maximum Gasteiger partial charge on any atom is 0.220 e. The fourth-order valence-corrected chi connectivity index (χ4v) is 7.88. The SMILES string of the molecule is CCCCCCCCCCCCCCCCC(O)C(COC1OC(CO)C(OC2OC(CO)C(OC3OC(CO)C(O)C(O)C3O)C(O)C2O)C(O)C1O)NC(=O)CCC. The van der Waals surface area contributed by atoms with Gasteiger partial charge in [0.05, 0.1) is 38.6 Å². The Morgan fingerprint density at radius 1 is 0.533 bits per heavy atom. The van der Waals surface area contributed by atoms with Crippen molar-refractivity contribution in [1.82, 2.24) is 5.32 Å². The van der Waals surface area contributed by atoms with E-state index in [1.54, 1.807) is 0 Å². The molecule has 0 spiro atoms. The van der Waals surface area contributed by atoms with E-state index in [-0.39, 0.29) is 18.9 Å². The molecule has 0 aromatic carbocycles. The Labute approximate surface area is 353 Å². The van der Waals surface area contributed by atoms with Crippen LogP contribution in [0.5, 0.6) is 0 Å². The molecule has 17 atom stereocenters. The van der Waals surface area contributed by atoms with Crippen molar-refractivity contribution in [3.63, 3.8) is 0 Å². The van der Waals surface area contributed by atoms with Gasteiger partial charge < -0.3 is 89.9 Å². The highest BCUT2D eigenvalue weighted by atomic mass is 16.8. The lowest BCUT2D eigenvalue weighted by atomic mass is 9.96. The van der Waals surface area contributed by atoms with Gasteiger partial charge in [0.25, 0.3) is 0 Å². The van der Waals surface area contributed by atoms with E-state index in [1.807, 2.05) is 6.92 Å². The Kier molecular flexibility index (Phi) is 25.3. The largest absolute Gasteiger partial charge is 0.394 e. The van der Waals surface area contributed by atoms with Gasteiger partial charge in [-0.25, -0.2) is 0 Å². The maximum absolute atomic E-state index is 12.6. The molecule has 19 heteroatoms. The summed E-state index contributed by atoms with van der Waals surface area (Å²) in [6.45, 7) is 1.37. The third kappa shape index (κ3) is 16.1. The summed E-state index contributed by atoms with van der Waals surface area (Å²) in [7, 11) is 0. The molecule has 0 bridgehead atoms. The standard InChI is InChI=1S/C41H77NO18/c1-3-5-6-7-8-9-10-11-12-13-14-15-16-17-19-25(46)24(42-29(47)18-4-2)23-55-39-35(53)32(50)37(27(21-44)57-39)60-41-36(54)33(51)38(28(22-45)58-41)59-40-34(52)31(49)30(48)26(20-43)56-40/h24-28,30-41,43-46,48-54H,3-23H2,1-2H3,(H,42,47). The van der Waals surface area contributed by atoms with Crippen LogP contribution in [0, 0.1) is 0 Å². The topological polar surface area (TPSA) is 307 Å². The number of rotatable bonds is 29. The number of nitrogens with one attached hydrogen (secondary N) is 1. The Balaban J connectivity index is 1.51. The highest BCUT2D eigenvalue weighted by Gasteiger charge is 2.53. The molecule has 3 fully saturated rings. The quantitative estimate of drug-likeness (QED) is 0.0400. The van der Waals surface area contributed by atoms with Crippen molar-refractivity contribution in [3.05, 3.63) is 0 Å². The van der Waals surface area contributed by atoms with Gasteiger partial charge in [0.2, 0.25) is 5.91 Å². The molecular weight excluding hydrogens is 794 g/mol. The van der Waals surface area contributed by atoms with Crippen LogP contribution in [0.4, 0.5) is 0 Å². The number of aliphatic hydroxyl groups is 11. The number of hydrogen-bond acceptors (Lipinski definition) is 18. The van der Waals surface area contributed by atoms with Crippen LogP contribution in [0.1, 0.15) is 123 Å². The first-order valence-electron chi connectivity index (χ1n) is 22.3. The first-order valence-corrected chi connectivity index (χ1v) is 22.3. The summed E-state index contributed by atoms with van der Waals surface area (Å²) in [5.74, 6) is -0.298. The second-order valence-corrected chi connectivity index (χ2v) is 16.5. The van der Waals surface area contributed by atoms with E-state index < -0.39 is 124 Å². The lowest BCUT2D eigenvalue weighted by Crippen LogP contribution is -2.66. The third-order valence-corrected chi connectivity index (χ3v) is 11.7. The molecule has 0 aromatic rings. The van der Waals surface area contributed by atoms with E-state index in [0.717, 1.165) is 25.7 Å². The smallest absolute Gasteiger partial charge is 0.220 e. The first kappa shape index (κ1) is 53.1. The van der Waals surface area contributed by atoms with Gasteiger partial charge in [0, 0.05) is 6.42 Å². The number of amides is 1. The summed E-state index contributed by atoms with van der Waals surface area (Å²) in [5, 5.41) is 118. The minimum absolute atomic E-state index is 0.219. The van der Waals surface area contributed by atoms with E-state index in [4.69, 9.17) is 28.4 Å². The minimum atomic E-state index is -1.96. The van der Waals surface area contributed by atoms with Crippen LogP contribution in [0.15, 0.2) is 0 Å². The number of ether oxygens (including phenoxy) is 6. The Morgan fingerprint density at radius 2 is 0.950 bits per heavy atom. The summed E-state index contributed by atoms with van der Waals surface area (Å²) < 4.78 is 33.8. The van der Waals surface area contributed by atoms with Crippen LogP contribution in [-0.4, -0.2) is 193 Å². The summed E-state index contributed by atoms with van der Waals surface area (Å²) in [5.41, 5.74) is 0. The molecule has 12 N–H and O–H groups in total. The molecule has 60 heavy (non-hydrogen) atoms. The molecule has 354 valence electrons. The number of unbranched alkanes of at least 4 members (excludes halogenated alkanes) is 13. The van der Waals surface area contributed by atoms with E-state index in [2.05, 4.69) is 12.2 Å². The zero-order chi connectivity index (χ0) is 44.2. The second kappa shape index (κ2) is 28.6. The minimum Gasteiger partial charge on any atom is -0.394 e. The molecule has 3 aliphatic heterocycles. The molecule has 1 amide bonds. The molecular formula is C41H77NO18. The average Bonchev–Trinajstić information content (AvgIpc) is 3.24. The lowest BCUT2D eigenvalue weighted by molar-refractivity contribution is -0.379. The summed E-state index contributed by atoms with van der Waals surface area (Å²) in [6.07, 6.45) is -8.57. The molecule has 3 aliphatic rings. The van der Waals surface area contributed by atoms with E-state index in [9.17, 15) is 61.0 Å². The predicted octanol–water partition coefficient (Wildman–Crippen LogP) is -1.03. The van der Waals surface area contributed by atoms with Crippen molar-refractivity contribution in [2.24, 2.45) is 0 Å². The zero-order valence-corrected chi connectivity index (χ0v) is 35.4. The lowest BCUT2D eigenvalue weighted by Gasteiger charge is -2.48. The van der Waals surface area contributed by atoms with Crippen molar-refractivity contribution in [2.75, 3.05) is 26.4 Å². The van der Waals surface area contributed by atoms with Crippen molar-refractivity contribution < 1.29 is 89.4 Å². The highest BCUT2D eigenvalue weighted by Crippen LogP contribution is 2.33. The number of carbonyl (C=O) groups excluding carboxylic acids is 1. The fraction of sp³-hybridized carbons (Fsp3) is 0.976. The van der Waals surface area contributed by atoms with Gasteiger partial charge >= 0.3 is 0 Å². The zero-order valence-electron chi connectivity index (χ0n) is 35.4.